The number of guanidine groups is 1. The first kappa shape index (κ1) is 14.6. The lowest BCUT2D eigenvalue weighted by molar-refractivity contribution is 0.0996. The van der Waals surface area contributed by atoms with Crippen molar-refractivity contribution >= 4 is 17.6 Å². The second-order valence-electron chi connectivity index (χ2n) is 4.30. The lowest BCUT2D eigenvalue weighted by atomic mass is 10.2. The summed E-state index contributed by atoms with van der Waals surface area (Å²) in [5.41, 5.74) is 1.81. The van der Waals surface area contributed by atoms with Gasteiger partial charge >= 0.3 is 0 Å². The van der Waals surface area contributed by atoms with Crippen LogP contribution in [0.3, 0.4) is 0 Å². The van der Waals surface area contributed by atoms with Crippen molar-refractivity contribution < 1.29 is 9.21 Å². The van der Waals surface area contributed by atoms with Crippen LogP contribution in [0.25, 0.3) is 0 Å². The molecule has 21 heavy (non-hydrogen) atoms. The standard InChI is InChI=1S/C15H18N4O2/c1-16-15(17-2)18-10-11-5-7-12(8-6-11)19-14(20)13-4-3-9-21-13/h3-9H,10H2,1-2H3,(H,19,20)(H2,16,17,18). The molecule has 6 nitrogen and oxygen atoms in total. The average molecular weight is 286 g/mol. The van der Waals surface area contributed by atoms with Crippen molar-refractivity contribution in [2.24, 2.45) is 4.99 Å². The SMILES string of the molecule is CN=C(NC)NCc1ccc(NC(=O)c2ccco2)cc1. The van der Waals surface area contributed by atoms with Gasteiger partial charge in [-0.3, -0.25) is 9.79 Å². The van der Waals surface area contributed by atoms with Gasteiger partial charge in [-0.2, -0.15) is 0 Å². The number of rotatable bonds is 4. The summed E-state index contributed by atoms with van der Waals surface area (Å²) in [5.74, 6) is 0.755. The normalized spacial score (nSPS) is 11.0. The third-order valence-electron chi connectivity index (χ3n) is 2.88. The number of nitrogens with one attached hydrogen (secondary N) is 3. The van der Waals surface area contributed by atoms with Crippen molar-refractivity contribution in [3.63, 3.8) is 0 Å². The highest BCUT2D eigenvalue weighted by atomic mass is 16.3. The Morgan fingerprint density at radius 2 is 2.00 bits per heavy atom. The molecule has 0 bridgehead atoms. The summed E-state index contributed by atoms with van der Waals surface area (Å²) in [6, 6.07) is 10.9. The topological polar surface area (TPSA) is 78.7 Å². The number of carbonyl (C=O) groups is 1. The molecule has 0 fully saturated rings. The fourth-order valence-corrected chi connectivity index (χ4v) is 1.77. The number of nitrogens with zero attached hydrogens (tertiary/aromatic N) is 1. The van der Waals surface area contributed by atoms with Crippen LogP contribution in [0.1, 0.15) is 16.1 Å². The van der Waals surface area contributed by atoms with Gasteiger partial charge in [-0.15, -0.1) is 0 Å². The summed E-state index contributed by atoms with van der Waals surface area (Å²) >= 11 is 0. The second kappa shape index (κ2) is 7.14. The van der Waals surface area contributed by atoms with E-state index in [1.807, 2.05) is 31.3 Å². The summed E-state index contributed by atoms with van der Waals surface area (Å²) in [6.45, 7) is 0.653. The number of hydrogen-bond donors (Lipinski definition) is 3. The van der Waals surface area contributed by atoms with E-state index >= 15 is 0 Å². The van der Waals surface area contributed by atoms with E-state index in [1.54, 1.807) is 19.2 Å². The minimum atomic E-state index is -0.263. The lowest BCUT2D eigenvalue weighted by Gasteiger charge is -2.09. The molecule has 0 aliphatic heterocycles. The average Bonchev–Trinajstić information content (AvgIpc) is 3.04. The maximum absolute atomic E-state index is 11.8. The van der Waals surface area contributed by atoms with Gasteiger partial charge in [0.15, 0.2) is 11.7 Å². The first-order chi connectivity index (χ1) is 10.2. The summed E-state index contributed by atoms with van der Waals surface area (Å²) in [4.78, 5) is 15.8. The number of aliphatic imine (C=N–C) groups is 1. The maximum Gasteiger partial charge on any atom is 0.291 e. The van der Waals surface area contributed by atoms with Gasteiger partial charge in [0.1, 0.15) is 0 Å². The predicted molar refractivity (Wildman–Crippen MR) is 82.4 cm³/mol. The van der Waals surface area contributed by atoms with E-state index in [0.717, 1.165) is 17.2 Å². The van der Waals surface area contributed by atoms with Crippen LogP contribution in [0.5, 0.6) is 0 Å². The molecule has 1 aromatic carbocycles. The van der Waals surface area contributed by atoms with Crippen LogP contribution in [0.2, 0.25) is 0 Å². The third kappa shape index (κ3) is 4.10. The van der Waals surface area contributed by atoms with E-state index in [4.69, 9.17) is 4.42 Å². The number of carbonyl (C=O) groups excluding carboxylic acids is 1. The Morgan fingerprint density at radius 1 is 1.24 bits per heavy atom. The van der Waals surface area contributed by atoms with Crippen molar-refractivity contribution in [2.45, 2.75) is 6.54 Å². The molecule has 0 aliphatic carbocycles. The molecule has 3 N–H and O–H groups in total. The van der Waals surface area contributed by atoms with Gasteiger partial charge in [0.25, 0.3) is 5.91 Å². The molecule has 0 spiro atoms. The molecule has 0 atom stereocenters. The van der Waals surface area contributed by atoms with Crippen LogP contribution < -0.4 is 16.0 Å². The molecule has 6 heteroatoms. The number of hydrogen-bond acceptors (Lipinski definition) is 3. The molecule has 0 radical (unpaired) electrons. The molecule has 0 aliphatic rings. The fraction of sp³-hybridized carbons (Fsp3) is 0.200. The van der Waals surface area contributed by atoms with Gasteiger partial charge in [0.05, 0.1) is 6.26 Å². The molecular formula is C15H18N4O2. The molecule has 0 unspecified atom stereocenters. The van der Waals surface area contributed by atoms with E-state index in [-0.39, 0.29) is 5.91 Å². The number of benzene rings is 1. The zero-order valence-corrected chi connectivity index (χ0v) is 12.0. The van der Waals surface area contributed by atoms with Gasteiger partial charge < -0.3 is 20.4 Å². The Balaban J connectivity index is 1.91. The Morgan fingerprint density at radius 3 is 2.57 bits per heavy atom. The highest BCUT2D eigenvalue weighted by molar-refractivity contribution is 6.02. The van der Waals surface area contributed by atoms with Crippen LogP contribution in [0.4, 0.5) is 5.69 Å². The minimum Gasteiger partial charge on any atom is -0.459 e. The Labute approximate surface area is 123 Å². The summed E-state index contributed by atoms with van der Waals surface area (Å²) in [6.07, 6.45) is 1.47. The first-order valence-electron chi connectivity index (χ1n) is 6.55. The molecule has 0 saturated carbocycles. The van der Waals surface area contributed by atoms with Crippen molar-refractivity contribution in [3.05, 3.63) is 54.0 Å². The Bertz CT molecular complexity index is 603. The van der Waals surface area contributed by atoms with E-state index in [9.17, 15) is 4.79 Å². The zero-order chi connectivity index (χ0) is 15.1. The van der Waals surface area contributed by atoms with E-state index in [1.165, 1.54) is 6.26 Å². The number of furan rings is 1. The largest absolute Gasteiger partial charge is 0.459 e. The number of anilines is 1. The van der Waals surface area contributed by atoms with E-state index in [0.29, 0.717) is 12.3 Å². The highest BCUT2D eigenvalue weighted by Gasteiger charge is 2.08. The third-order valence-corrected chi connectivity index (χ3v) is 2.88. The number of amides is 1. The van der Waals surface area contributed by atoms with Crippen LogP contribution in [-0.2, 0) is 6.54 Å². The predicted octanol–water partition coefficient (Wildman–Crippen LogP) is 1.83. The van der Waals surface area contributed by atoms with Crippen molar-refractivity contribution in [1.29, 1.82) is 0 Å². The molecule has 2 aromatic rings. The monoisotopic (exact) mass is 286 g/mol. The molecule has 0 saturated heterocycles. The summed E-state index contributed by atoms with van der Waals surface area (Å²) in [5, 5.41) is 8.87. The van der Waals surface area contributed by atoms with Crippen LogP contribution in [0, 0.1) is 0 Å². The Kier molecular flexibility index (Phi) is 4.98. The van der Waals surface area contributed by atoms with Gasteiger partial charge in [-0.1, -0.05) is 12.1 Å². The quantitative estimate of drug-likeness (QED) is 0.592. The summed E-state index contributed by atoms with van der Waals surface area (Å²) < 4.78 is 5.04. The van der Waals surface area contributed by atoms with Crippen molar-refractivity contribution in [2.75, 3.05) is 19.4 Å². The molecular weight excluding hydrogens is 268 g/mol. The van der Waals surface area contributed by atoms with Crippen LogP contribution in [-0.4, -0.2) is 26.0 Å². The van der Waals surface area contributed by atoms with Gasteiger partial charge in [-0.25, -0.2) is 0 Å². The molecule has 2 rings (SSSR count). The lowest BCUT2D eigenvalue weighted by Crippen LogP contribution is -2.34. The molecule has 110 valence electrons. The zero-order valence-electron chi connectivity index (χ0n) is 12.0. The highest BCUT2D eigenvalue weighted by Crippen LogP contribution is 2.11. The van der Waals surface area contributed by atoms with Crippen LogP contribution in [0.15, 0.2) is 52.1 Å². The molecule has 1 aromatic heterocycles. The maximum atomic E-state index is 11.8. The van der Waals surface area contributed by atoms with Crippen LogP contribution >= 0.6 is 0 Å². The first-order valence-corrected chi connectivity index (χ1v) is 6.55. The Hall–Kier alpha value is -2.76. The van der Waals surface area contributed by atoms with Gasteiger partial charge in [0.2, 0.25) is 0 Å². The molecule has 1 amide bonds. The van der Waals surface area contributed by atoms with Gasteiger partial charge in [0, 0.05) is 26.3 Å². The van der Waals surface area contributed by atoms with E-state index in [2.05, 4.69) is 20.9 Å². The molecule has 1 heterocycles. The van der Waals surface area contributed by atoms with Crippen molar-refractivity contribution in [1.82, 2.24) is 10.6 Å². The summed E-state index contributed by atoms with van der Waals surface area (Å²) in [7, 11) is 3.52. The van der Waals surface area contributed by atoms with E-state index < -0.39 is 0 Å². The van der Waals surface area contributed by atoms with Gasteiger partial charge in [-0.05, 0) is 29.8 Å². The fourth-order valence-electron chi connectivity index (χ4n) is 1.77. The smallest absolute Gasteiger partial charge is 0.291 e. The second-order valence-corrected chi connectivity index (χ2v) is 4.30. The van der Waals surface area contributed by atoms with Crippen molar-refractivity contribution in [3.8, 4) is 0 Å². The minimum absolute atomic E-state index is 0.263.